The van der Waals surface area contributed by atoms with Crippen molar-refractivity contribution in [1.29, 1.82) is 0 Å². The predicted molar refractivity (Wildman–Crippen MR) is 205 cm³/mol. The molecule has 0 bridgehead atoms. The first-order valence-corrected chi connectivity index (χ1v) is 21.7. The lowest BCUT2D eigenvalue weighted by Crippen LogP contribution is -2.62. The molecule has 0 aromatic carbocycles. The molecule has 9 rings (SSSR count). The number of Topliss-reactive ketones (excluding diaryl/α,β-unsaturated/α-hetero) is 1. The molecule has 0 amide bonds. The van der Waals surface area contributed by atoms with Crippen LogP contribution in [0.5, 0.6) is 0 Å². The minimum atomic E-state index is -0.746. The second-order valence-corrected chi connectivity index (χ2v) is 21.7. The summed E-state index contributed by atoms with van der Waals surface area (Å²) in [6.45, 7) is 18.7. The Morgan fingerprint density at radius 1 is 0.660 bits per heavy atom. The van der Waals surface area contributed by atoms with Gasteiger partial charge in [-0.2, -0.15) is 0 Å². The van der Waals surface area contributed by atoms with Gasteiger partial charge >= 0.3 is 0 Å². The molecule has 9 aliphatic rings. The molecule has 0 spiro atoms. The maximum Gasteiger partial charge on any atom is 0.169 e. The first-order chi connectivity index (χ1) is 24.7. The average molecular weight is 737 g/mol. The van der Waals surface area contributed by atoms with Crippen molar-refractivity contribution in [3.8, 4) is 0 Å². The predicted octanol–water partition coefficient (Wildman–Crippen LogP) is 7.93. The van der Waals surface area contributed by atoms with E-state index in [0.29, 0.717) is 48.6 Å². The van der Waals surface area contributed by atoms with Crippen LogP contribution in [0.4, 0.5) is 0 Å². The van der Waals surface area contributed by atoms with Crippen LogP contribution < -0.4 is 0 Å². The molecule has 7 nitrogen and oxygen atoms in total. The molecule has 0 radical (unpaired) electrons. The fourth-order valence-corrected chi connectivity index (χ4v) is 17.1. The zero-order chi connectivity index (χ0) is 38.1. The van der Waals surface area contributed by atoms with Gasteiger partial charge in [0.05, 0.1) is 36.6 Å². The number of fused-ring (bicyclic) bond motifs is 10. The van der Waals surface area contributed by atoms with Crippen LogP contribution in [0.25, 0.3) is 0 Å². The Kier molecular flexibility index (Phi) is 9.29. The summed E-state index contributed by atoms with van der Waals surface area (Å²) in [7, 11) is 0. The van der Waals surface area contributed by atoms with E-state index in [1.165, 1.54) is 17.6 Å². The number of allylic oxidation sites excluding steroid dienone is 2. The highest BCUT2D eigenvalue weighted by atomic mass is 16.7. The summed E-state index contributed by atoms with van der Waals surface area (Å²) in [5, 5.41) is 43.9. The maximum atomic E-state index is 12.3. The SMILES string of the molecule is CC(=O)[C@H]1CCC2C3CC=C4C[C@@H](O)CC[C@]4(C)C3[C@@](C)(O)C[C@@]21C.CC1([C@H]2CCC3C4CC=C5C[C@@H](O)CC[C@]5(C)C4[C@@](C)(O)C[C@@]32C)OCCO1. The van der Waals surface area contributed by atoms with Crippen molar-refractivity contribution >= 4 is 5.78 Å². The van der Waals surface area contributed by atoms with Gasteiger partial charge in [-0.3, -0.25) is 4.79 Å². The van der Waals surface area contributed by atoms with Crippen LogP contribution in [0.3, 0.4) is 0 Å². The number of carbonyl (C=O) groups is 1. The molecule has 53 heavy (non-hydrogen) atoms. The molecule has 1 saturated heterocycles. The van der Waals surface area contributed by atoms with Gasteiger partial charge in [-0.1, -0.05) is 51.0 Å². The van der Waals surface area contributed by atoms with Crippen molar-refractivity contribution in [2.45, 2.75) is 174 Å². The van der Waals surface area contributed by atoms with E-state index >= 15 is 0 Å². The van der Waals surface area contributed by atoms with Crippen LogP contribution in [0, 0.1) is 69.0 Å². The molecular formula is C46H72O7. The van der Waals surface area contributed by atoms with Crippen molar-refractivity contribution in [2.24, 2.45) is 69.0 Å². The van der Waals surface area contributed by atoms with Gasteiger partial charge in [0, 0.05) is 11.8 Å². The Balaban J connectivity index is 0.000000152. The van der Waals surface area contributed by atoms with E-state index in [1.54, 1.807) is 6.92 Å². The number of hydrogen-bond donors (Lipinski definition) is 4. The Morgan fingerprint density at radius 2 is 1.11 bits per heavy atom. The zero-order valence-electron chi connectivity index (χ0n) is 34.3. The van der Waals surface area contributed by atoms with Crippen LogP contribution >= 0.6 is 0 Å². The second-order valence-electron chi connectivity index (χ2n) is 21.7. The Labute approximate surface area is 319 Å². The highest BCUT2D eigenvalue weighted by Gasteiger charge is 2.69. The maximum absolute atomic E-state index is 12.3. The van der Waals surface area contributed by atoms with Crippen LogP contribution in [0.2, 0.25) is 0 Å². The normalized spacial score (nSPS) is 55.1. The van der Waals surface area contributed by atoms with Gasteiger partial charge in [0.1, 0.15) is 5.78 Å². The summed E-state index contributed by atoms with van der Waals surface area (Å²) in [6, 6.07) is 0. The number of ketones is 1. The number of aliphatic hydroxyl groups excluding tert-OH is 2. The van der Waals surface area contributed by atoms with Gasteiger partial charge in [-0.25, -0.2) is 0 Å². The summed E-state index contributed by atoms with van der Waals surface area (Å²) >= 11 is 0. The average Bonchev–Trinajstić information content (AvgIpc) is 3.75. The minimum Gasteiger partial charge on any atom is -0.393 e. The van der Waals surface area contributed by atoms with E-state index in [-0.39, 0.29) is 51.6 Å². The smallest absolute Gasteiger partial charge is 0.169 e. The Morgan fingerprint density at radius 3 is 1.60 bits per heavy atom. The lowest BCUT2D eigenvalue weighted by Gasteiger charge is -2.63. The molecule has 1 aliphatic heterocycles. The standard InChI is InChI=1S/C24H38O4.C22H34O3/c1-21-10-9-16(25)13-15(21)5-6-17-18-7-8-19(24(4)27-11-12-28-24)22(18,2)14-23(3,26)20(17)21;1-13(23)17-7-8-18-16-6-5-14-11-15(24)9-10-20(14,2)19(16)22(4,25)12-21(17,18)3/h5,16-20,25-26H,6-14H2,1-4H3;5,15-19,24-25H,6-12H2,1-4H3/t16-,17?,18?,19-,20?,21-,22-,23-;15-,16?,17+,18?,19?,20-,21+,22-/m00/s1. The molecule has 6 unspecified atom stereocenters. The highest BCUT2D eigenvalue weighted by Crippen LogP contribution is 2.71. The third kappa shape index (κ3) is 5.72. The Hall–Kier alpha value is -1.09. The van der Waals surface area contributed by atoms with Gasteiger partial charge in [0.15, 0.2) is 5.79 Å². The fraction of sp³-hybridized carbons (Fsp3) is 0.891. The quantitative estimate of drug-likeness (QED) is 0.213. The van der Waals surface area contributed by atoms with Gasteiger partial charge in [-0.05, 0) is 175 Å². The first-order valence-electron chi connectivity index (χ1n) is 21.7. The molecule has 1 heterocycles. The van der Waals surface area contributed by atoms with Gasteiger partial charge in [0.25, 0.3) is 0 Å². The number of rotatable bonds is 2. The van der Waals surface area contributed by atoms with Crippen molar-refractivity contribution < 1.29 is 34.7 Å². The van der Waals surface area contributed by atoms with E-state index < -0.39 is 17.0 Å². The van der Waals surface area contributed by atoms with E-state index in [2.05, 4.69) is 53.7 Å². The molecule has 0 aromatic rings. The van der Waals surface area contributed by atoms with Crippen LogP contribution in [-0.4, -0.2) is 68.6 Å². The highest BCUT2D eigenvalue weighted by molar-refractivity contribution is 5.79. The summed E-state index contributed by atoms with van der Waals surface area (Å²) in [5.74, 6) is 2.89. The summed E-state index contributed by atoms with van der Waals surface area (Å²) in [5.41, 5.74) is 1.33. The van der Waals surface area contributed by atoms with Crippen LogP contribution in [0.1, 0.15) is 145 Å². The molecular weight excluding hydrogens is 664 g/mol. The monoisotopic (exact) mass is 737 g/mol. The van der Waals surface area contributed by atoms with Crippen LogP contribution in [0.15, 0.2) is 23.3 Å². The molecule has 8 aliphatic carbocycles. The van der Waals surface area contributed by atoms with Crippen molar-refractivity contribution in [1.82, 2.24) is 0 Å². The van der Waals surface area contributed by atoms with Crippen molar-refractivity contribution in [3.63, 3.8) is 0 Å². The zero-order valence-corrected chi connectivity index (χ0v) is 34.3. The third-order valence-electron chi connectivity index (χ3n) is 18.5. The van der Waals surface area contributed by atoms with E-state index in [0.717, 1.165) is 83.5 Å². The molecule has 7 heteroatoms. The van der Waals surface area contributed by atoms with Gasteiger partial charge in [-0.15, -0.1) is 0 Å². The lowest BCUT2D eigenvalue weighted by atomic mass is 9.43. The molecule has 298 valence electrons. The molecule has 0 aromatic heterocycles. The van der Waals surface area contributed by atoms with Gasteiger partial charge in [0.2, 0.25) is 0 Å². The van der Waals surface area contributed by atoms with E-state index in [4.69, 9.17) is 9.47 Å². The van der Waals surface area contributed by atoms with Crippen molar-refractivity contribution in [2.75, 3.05) is 13.2 Å². The first kappa shape index (κ1) is 38.8. The molecule has 16 atom stereocenters. The minimum absolute atomic E-state index is 0.00128. The molecule has 6 saturated carbocycles. The third-order valence-corrected chi connectivity index (χ3v) is 18.5. The van der Waals surface area contributed by atoms with Crippen molar-refractivity contribution in [3.05, 3.63) is 23.3 Å². The number of ether oxygens (including phenoxy) is 2. The molecule has 7 fully saturated rings. The fourth-order valence-electron chi connectivity index (χ4n) is 17.1. The summed E-state index contributed by atoms with van der Waals surface area (Å²) in [6.07, 6.45) is 17.7. The summed E-state index contributed by atoms with van der Waals surface area (Å²) in [4.78, 5) is 12.3. The largest absolute Gasteiger partial charge is 0.393 e. The lowest BCUT2D eigenvalue weighted by molar-refractivity contribution is -0.238. The number of hydrogen-bond acceptors (Lipinski definition) is 7. The van der Waals surface area contributed by atoms with E-state index in [1.807, 2.05) is 6.92 Å². The summed E-state index contributed by atoms with van der Waals surface area (Å²) < 4.78 is 12.2. The topological polar surface area (TPSA) is 116 Å². The van der Waals surface area contributed by atoms with Gasteiger partial charge < -0.3 is 29.9 Å². The number of aliphatic hydroxyl groups is 4. The van der Waals surface area contributed by atoms with Crippen LogP contribution in [-0.2, 0) is 14.3 Å². The van der Waals surface area contributed by atoms with E-state index in [9.17, 15) is 25.2 Å². The number of carbonyl (C=O) groups excluding carboxylic acids is 1. The Bertz CT molecular complexity index is 1520. The second kappa shape index (κ2) is 12.7. The molecule has 4 N–H and O–H groups in total.